The van der Waals surface area contributed by atoms with E-state index < -0.39 is 0 Å². The summed E-state index contributed by atoms with van der Waals surface area (Å²) in [5.74, 6) is 0. The minimum atomic E-state index is 0. The first kappa shape index (κ1) is 24.3. The molecule has 3 aliphatic heterocycles. The average Bonchev–Trinajstić information content (AvgIpc) is 2.43. The fraction of sp³-hybridized carbons (Fsp3) is 0.600. The van der Waals surface area contributed by atoms with Crippen LogP contribution in [0, 0.1) is 0 Å². The largest absolute Gasteiger partial charge is 4.00 e. The Morgan fingerprint density at radius 2 is 0.957 bits per heavy atom. The minimum Gasteiger partial charge on any atom is -0.780 e. The Morgan fingerprint density at radius 3 is 1.04 bits per heavy atom. The van der Waals surface area contributed by atoms with Crippen LogP contribution < -0.4 is 0 Å². The van der Waals surface area contributed by atoms with E-state index in [-0.39, 0.29) is 42.5 Å². The van der Waals surface area contributed by atoms with Crippen molar-refractivity contribution in [1.29, 1.82) is 0 Å². The summed E-state index contributed by atoms with van der Waals surface area (Å²) in [5, 5.41) is 0. The molecule has 0 radical (unpaired) electrons. The normalized spacial score (nSPS) is 26.5. The van der Waals surface area contributed by atoms with Gasteiger partial charge < -0.3 is 64.7 Å². The third kappa shape index (κ3) is 14.1. The molecule has 0 N–H and O–H groups in total. The van der Waals surface area contributed by atoms with Gasteiger partial charge in [0.2, 0.25) is 0 Å². The molecule has 4 rings (SSSR count). The van der Waals surface area contributed by atoms with Gasteiger partial charge in [0, 0.05) is 19.8 Å². The van der Waals surface area contributed by atoms with Crippen molar-refractivity contribution in [2.24, 2.45) is 0 Å². The van der Waals surface area contributed by atoms with E-state index in [0.29, 0.717) is 0 Å². The van der Waals surface area contributed by atoms with E-state index in [2.05, 4.69) is 37.9 Å². The third-order valence-corrected chi connectivity index (χ3v) is 4.10. The van der Waals surface area contributed by atoms with Crippen LogP contribution in [0.1, 0.15) is 19.3 Å². The fourth-order valence-electron chi connectivity index (χ4n) is 1.06. The van der Waals surface area contributed by atoms with E-state index in [9.17, 15) is 0 Å². The van der Waals surface area contributed by atoms with Gasteiger partial charge in [-0.05, 0) is 19.3 Å². The molecule has 0 amide bonds. The smallest absolute Gasteiger partial charge is 0.780 e. The summed E-state index contributed by atoms with van der Waals surface area (Å²) in [7, 11) is 0. The van der Waals surface area contributed by atoms with Crippen LogP contribution in [0.3, 0.4) is 0 Å². The van der Waals surface area contributed by atoms with Crippen LogP contribution in [0.5, 0.6) is 0 Å². The second-order valence-electron chi connectivity index (χ2n) is 4.58. The number of hydrogen-bond donors (Lipinski definition) is 0. The van der Waals surface area contributed by atoms with Crippen LogP contribution in [-0.4, -0.2) is 36.1 Å². The summed E-state index contributed by atoms with van der Waals surface area (Å²) in [6, 6.07) is 9.62. The molecule has 3 fully saturated rings. The first-order valence-electron chi connectivity index (χ1n) is 7.12. The van der Waals surface area contributed by atoms with E-state index in [1.54, 1.807) is 0 Å². The first-order chi connectivity index (χ1) is 10.6. The Balaban J connectivity index is 0.000000280. The van der Waals surface area contributed by atoms with Gasteiger partial charge in [-0.3, -0.25) is 0 Å². The molecule has 1 aromatic rings. The number of ether oxygens (including phenoxy) is 3. The zero-order valence-corrected chi connectivity index (χ0v) is 18.4. The molecule has 0 aliphatic carbocycles. The predicted molar refractivity (Wildman–Crippen MR) is 97.2 cm³/mol. The van der Waals surface area contributed by atoms with Gasteiger partial charge in [-0.15, -0.1) is 0 Å². The summed E-state index contributed by atoms with van der Waals surface area (Å²) in [4.78, 5) is 0.905. The summed E-state index contributed by atoms with van der Waals surface area (Å²) in [6.45, 7) is 2.65. The Morgan fingerprint density at radius 1 is 0.696 bits per heavy atom. The second kappa shape index (κ2) is 15.5. The zero-order chi connectivity index (χ0) is 16.2. The molecular weight excluding hydrogens is 448 g/mol. The van der Waals surface area contributed by atoms with Gasteiger partial charge in [0.1, 0.15) is 0 Å². The third-order valence-electron chi connectivity index (χ3n) is 2.72. The van der Waals surface area contributed by atoms with Gasteiger partial charge in [0.25, 0.3) is 0 Å². The average molecular weight is 468 g/mol. The molecule has 3 saturated heterocycles. The van der Waals surface area contributed by atoms with Crippen molar-refractivity contribution >= 4 is 50.5 Å². The number of rotatable bonds is 0. The molecule has 3 unspecified atom stereocenters. The molecule has 0 spiro atoms. The Kier molecular flexibility index (Phi) is 16.3. The first-order valence-corrected chi connectivity index (χ1v) is 8.94. The molecule has 8 heteroatoms. The molecule has 3 nitrogen and oxygen atoms in total. The molecule has 0 saturated carbocycles. The van der Waals surface area contributed by atoms with E-state index in [0.717, 1.165) is 44.0 Å². The summed E-state index contributed by atoms with van der Waals surface area (Å²) >= 11 is 18.7. The van der Waals surface area contributed by atoms with Crippen molar-refractivity contribution in [3.8, 4) is 0 Å². The zero-order valence-electron chi connectivity index (χ0n) is 12.7. The van der Waals surface area contributed by atoms with Gasteiger partial charge in [0.15, 0.2) is 0 Å². The van der Waals surface area contributed by atoms with Gasteiger partial charge in [-0.25, -0.2) is 0 Å². The molecule has 1 aromatic carbocycles. The van der Waals surface area contributed by atoms with Gasteiger partial charge in [0.05, 0.1) is 0 Å². The van der Waals surface area contributed by atoms with E-state index in [1.165, 1.54) is 0 Å². The molecular formula is C15H20O3S4Zr. The van der Waals surface area contributed by atoms with Crippen molar-refractivity contribution < 1.29 is 40.4 Å². The quantitative estimate of drug-likeness (QED) is 0.541. The van der Waals surface area contributed by atoms with Crippen molar-refractivity contribution in [1.82, 2.24) is 0 Å². The van der Waals surface area contributed by atoms with Crippen molar-refractivity contribution in [2.45, 2.75) is 40.5 Å². The van der Waals surface area contributed by atoms with E-state index in [4.69, 9.17) is 26.8 Å². The van der Waals surface area contributed by atoms with Crippen LogP contribution in [0.15, 0.2) is 35.2 Å². The van der Waals surface area contributed by atoms with Crippen LogP contribution in [0.2, 0.25) is 0 Å². The molecule has 3 aliphatic rings. The Bertz CT molecular complexity index is 346. The van der Waals surface area contributed by atoms with Crippen molar-refractivity contribution in [3.63, 3.8) is 0 Å². The monoisotopic (exact) mass is 466 g/mol. The van der Waals surface area contributed by atoms with Crippen LogP contribution in [-0.2, 0) is 90.9 Å². The van der Waals surface area contributed by atoms with E-state index >= 15 is 0 Å². The van der Waals surface area contributed by atoms with Crippen LogP contribution in [0.25, 0.3) is 0 Å². The maximum Gasteiger partial charge on any atom is 4.00 e. The summed E-state index contributed by atoms with van der Waals surface area (Å²) in [5.41, 5.74) is 0.444. The van der Waals surface area contributed by atoms with Crippen LogP contribution >= 0.6 is 0 Å². The summed E-state index contributed by atoms with van der Waals surface area (Å²) < 4.78 is 14.2. The maximum absolute atomic E-state index is 4.81. The van der Waals surface area contributed by atoms with Crippen molar-refractivity contribution in [2.75, 3.05) is 19.8 Å². The molecule has 3 heterocycles. The number of benzene rings is 1. The molecule has 0 bridgehead atoms. The van der Waals surface area contributed by atoms with Crippen molar-refractivity contribution in [3.05, 3.63) is 30.3 Å². The topological polar surface area (TPSA) is 27.7 Å². The molecule has 0 aromatic heterocycles. The Labute approximate surface area is 180 Å². The minimum absolute atomic E-state index is 0. The number of hydrogen-bond acceptors (Lipinski definition) is 7. The SMILES string of the molecule is [S-]C1CCO1.[S-]C1CCO1.[S-]C1CCO1.[S-]c1ccccc1.[Zr+4]. The standard InChI is InChI=1S/C6H6S.3C3H6OS.Zr/c7-6-4-2-1-3-5-6;3*5-3-1-2-4-3;/h1-5,7H;3*3,5H,1-2H2;/q;;;;+4/p-4. The second-order valence-corrected chi connectivity index (χ2v) is 6.63. The van der Waals surface area contributed by atoms with Gasteiger partial charge in [-0.2, -0.15) is 4.90 Å². The predicted octanol–water partition coefficient (Wildman–Crippen LogP) is 2.43. The van der Waals surface area contributed by atoms with E-state index in [1.807, 2.05) is 30.3 Å². The van der Waals surface area contributed by atoms with Gasteiger partial charge in [-0.1, -0.05) is 46.6 Å². The van der Waals surface area contributed by atoms with Crippen LogP contribution in [0.4, 0.5) is 0 Å². The van der Waals surface area contributed by atoms with Gasteiger partial charge >= 0.3 is 26.2 Å². The molecule has 23 heavy (non-hydrogen) atoms. The molecule has 126 valence electrons. The maximum atomic E-state index is 4.81. The Hall–Kier alpha value is 1.25. The summed E-state index contributed by atoms with van der Waals surface area (Å²) in [6.07, 6.45) is 3.24. The fourth-order valence-corrected chi connectivity index (χ4v) is 1.80. The molecule has 3 atom stereocenters.